The highest BCUT2D eigenvalue weighted by molar-refractivity contribution is 6.11. The van der Waals surface area contributed by atoms with Crippen molar-refractivity contribution >= 4 is 82.7 Å². The Hall–Kier alpha value is -7.11. The van der Waals surface area contributed by atoms with Crippen molar-refractivity contribution in [3.8, 4) is 17.1 Å². The molecule has 0 aliphatic rings. The lowest BCUT2D eigenvalue weighted by atomic mass is 10.1. The lowest BCUT2D eigenvalue weighted by Crippen LogP contribution is -2.10. The molecule has 11 aromatic rings. The molecule has 0 amide bonds. The monoisotopic (exact) mass is 667 g/mol. The number of fused-ring (bicyclic) bond motifs is 9. The van der Waals surface area contributed by atoms with Crippen molar-refractivity contribution in [2.24, 2.45) is 0 Å². The zero-order valence-electron chi connectivity index (χ0n) is 27.9. The van der Waals surface area contributed by atoms with Crippen molar-refractivity contribution in [3.63, 3.8) is 0 Å². The van der Waals surface area contributed by atoms with Crippen LogP contribution in [-0.4, -0.2) is 9.55 Å². The first-order valence-corrected chi connectivity index (χ1v) is 17.5. The lowest BCUT2D eigenvalue weighted by Gasteiger charge is -2.26. The Kier molecular flexibility index (Phi) is 6.18. The molecular formula is C47H29N3O2. The first-order chi connectivity index (χ1) is 25.8. The van der Waals surface area contributed by atoms with Crippen LogP contribution in [0.5, 0.6) is 0 Å². The zero-order chi connectivity index (χ0) is 34.2. The summed E-state index contributed by atoms with van der Waals surface area (Å²) in [5.74, 6) is 0.622. The third kappa shape index (κ3) is 4.39. The Morgan fingerprint density at radius 3 is 1.96 bits per heavy atom. The molecule has 244 valence electrons. The second-order valence-corrected chi connectivity index (χ2v) is 13.2. The van der Waals surface area contributed by atoms with Gasteiger partial charge in [-0.3, -0.25) is 0 Å². The van der Waals surface area contributed by atoms with E-state index in [4.69, 9.17) is 13.8 Å². The number of rotatable bonds is 5. The van der Waals surface area contributed by atoms with Gasteiger partial charge in [0, 0.05) is 55.2 Å². The Morgan fingerprint density at radius 1 is 0.442 bits per heavy atom. The molecule has 8 aromatic carbocycles. The number of hydrogen-bond acceptors (Lipinski definition) is 4. The van der Waals surface area contributed by atoms with Gasteiger partial charge in [0.15, 0.2) is 5.58 Å². The standard InChI is InChI=1S/C47H29N3O2/c1-3-11-30(12-4-1)47-48-41-25-19-31-27-33(20-23-36(31)46(41)52-47)49(34-22-26-45-40(28-34)39-16-8-10-18-44(39)51-45)35-21-24-38-37-15-7-9-17-42(37)50(43(38)29-35)32-13-5-2-6-14-32/h1-29H. The van der Waals surface area contributed by atoms with Crippen LogP contribution in [0.15, 0.2) is 185 Å². The average Bonchev–Trinajstić information content (AvgIpc) is 3.91. The van der Waals surface area contributed by atoms with Gasteiger partial charge in [-0.1, -0.05) is 84.9 Å². The Bertz CT molecular complexity index is 3140. The van der Waals surface area contributed by atoms with Crippen molar-refractivity contribution in [2.45, 2.75) is 0 Å². The van der Waals surface area contributed by atoms with Crippen LogP contribution in [0.2, 0.25) is 0 Å². The first kappa shape index (κ1) is 28.7. The van der Waals surface area contributed by atoms with Gasteiger partial charge in [0.1, 0.15) is 16.7 Å². The zero-order valence-corrected chi connectivity index (χ0v) is 27.9. The number of nitrogens with zero attached hydrogens (tertiary/aromatic N) is 3. The van der Waals surface area contributed by atoms with E-state index in [0.29, 0.717) is 5.89 Å². The minimum atomic E-state index is 0.622. The SMILES string of the molecule is c1ccc(-c2nc3ccc4cc(N(c5ccc6oc7ccccc7c6c5)c5ccc6c7ccccc7n(-c7ccccc7)c6c5)ccc4c3o2)cc1. The number of anilines is 3. The summed E-state index contributed by atoms with van der Waals surface area (Å²) in [6.45, 7) is 0. The number of para-hydroxylation sites is 3. The van der Waals surface area contributed by atoms with Crippen LogP contribution in [0.1, 0.15) is 0 Å². The molecule has 0 radical (unpaired) electrons. The van der Waals surface area contributed by atoms with E-state index in [9.17, 15) is 0 Å². The number of hydrogen-bond donors (Lipinski definition) is 0. The van der Waals surface area contributed by atoms with Crippen LogP contribution >= 0.6 is 0 Å². The van der Waals surface area contributed by atoms with Gasteiger partial charge in [0.25, 0.3) is 0 Å². The molecule has 11 rings (SSSR count). The minimum absolute atomic E-state index is 0.622. The predicted molar refractivity (Wildman–Crippen MR) is 213 cm³/mol. The van der Waals surface area contributed by atoms with Gasteiger partial charge in [-0.25, -0.2) is 4.98 Å². The highest BCUT2D eigenvalue weighted by atomic mass is 16.3. The van der Waals surface area contributed by atoms with Crippen LogP contribution in [0.25, 0.3) is 82.8 Å². The number of aromatic nitrogens is 2. The van der Waals surface area contributed by atoms with Crippen LogP contribution in [0.4, 0.5) is 17.1 Å². The van der Waals surface area contributed by atoms with Crippen molar-refractivity contribution in [3.05, 3.63) is 176 Å². The van der Waals surface area contributed by atoms with Crippen LogP contribution in [0.3, 0.4) is 0 Å². The number of oxazole rings is 1. The maximum atomic E-state index is 6.41. The van der Waals surface area contributed by atoms with E-state index in [1.165, 1.54) is 16.3 Å². The summed E-state index contributed by atoms with van der Waals surface area (Å²) >= 11 is 0. The van der Waals surface area contributed by atoms with Crippen LogP contribution in [0, 0.1) is 0 Å². The van der Waals surface area contributed by atoms with Gasteiger partial charge < -0.3 is 18.3 Å². The molecule has 0 atom stereocenters. The average molecular weight is 668 g/mol. The molecule has 5 nitrogen and oxygen atoms in total. The molecule has 3 aromatic heterocycles. The van der Waals surface area contributed by atoms with E-state index in [0.717, 1.165) is 77.6 Å². The molecule has 0 unspecified atom stereocenters. The molecule has 0 N–H and O–H groups in total. The van der Waals surface area contributed by atoms with Crippen molar-refractivity contribution in [1.29, 1.82) is 0 Å². The van der Waals surface area contributed by atoms with Gasteiger partial charge in [-0.2, -0.15) is 0 Å². The Labute approximate surface area is 298 Å². The van der Waals surface area contributed by atoms with Crippen molar-refractivity contribution < 1.29 is 8.83 Å². The van der Waals surface area contributed by atoms with E-state index >= 15 is 0 Å². The second kappa shape index (κ2) is 11.2. The van der Waals surface area contributed by atoms with Crippen LogP contribution in [-0.2, 0) is 0 Å². The van der Waals surface area contributed by atoms with E-state index in [-0.39, 0.29) is 0 Å². The quantitative estimate of drug-likeness (QED) is 0.183. The van der Waals surface area contributed by atoms with E-state index < -0.39 is 0 Å². The normalized spacial score (nSPS) is 11.8. The van der Waals surface area contributed by atoms with Gasteiger partial charge in [-0.05, 0) is 96.4 Å². The fourth-order valence-electron chi connectivity index (χ4n) is 7.80. The number of furan rings is 1. The fraction of sp³-hybridized carbons (Fsp3) is 0. The summed E-state index contributed by atoms with van der Waals surface area (Å²) in [7, 11) is 0. The van der Waals surface area contributed by atoms with Crippen LogP contribution < -0.4 is 4.90 Å². The van der Waals surface area contributed by atoms with Gasteiger partial charge >= 0.3 is 0 Å². The molecule has 52 heavy (non-hydrogen) atoms. The largest absolute Gasteiger partial charge is 0.456 e. The van der Waals surface area contributed by atoms with Gasteiger partial charge in [0.05, 0.1) is 11.0 Å². The smallest absolute Gasteiger partial charge is 0.227 e. The molecule has 0 fully saturated rings. The first-order valence-electron chi connectivity index (χ1n) is 17.5. The molecule has 5 heteroatoms. The molecule has 0 spiro atoms. The summed E-state index contributed by atoms with van der Waals surface area (Å²) in [5, 5.41) is 6.70. The minimum Gasteiger partial charge on any atom is -0.456 e. The summed E-state index contributed by atoms with van der Waals surface area (Å²) in [6.07, 6.45) is 0. The number of benzene rings is 8. The third-order valence-electron chi connectivity index (χ3n) is 10.2. The van der Waals surface area contributed by atoms with Crippen molar-refractivity contribution in [2.75, 3.05) is 4.90 Å². The van der Waals surface area contributed by atoms with E-state index in [1.807, 2.05) is 42.5 Å². The summed E-state index contributed by atoms with van der Waals surface area (Å²) in [6, 6.07) is 61.6. The highest BCUT2D eigenvalue weighted by Gasteiger charge is 2.20. The molecule has 0 aliphatic heterocycles. The molecule has 0 saturated heterocycles. The Balaban J connectivity index is 1.14. The molecular weight excluding hydrogens is 639 g/mol. The van der Waals surface area contributed by atoms with Gasteiger partial charge in [0.2, 0.25) is 5.89 Å². The lowest BCUT2D eigenvalue weighted by molar-refractivity contribution is 0.623. The summed E-state index contributed by atoms with van der Waals surface area (Å²) < 4.78 is 15.0. The van der Waals surface area contributed by atoms with E-state index in [2.05, 4.69) is 143 Å². The maximum absolute atomic E-state index is 6.41. The maximum Gasteiger partial charge on any atom is 0.227 e. The fourth-order valence-corrected chi connectivity index (χ4v) is 7.80. The third-order valence-corrected chi connectivity index (χ3v) is 10.2. The highest BCUT2D eigenvalue weighted by Crippen LogP contribution is 2.43. The molecule has 0 saturated carbocycles. The summed E-state index contributed by atoms with van der Waals surface area (Å²) in [5.41, 5.74) is 10.9. The molecule has 0 bridgehead atoms. The second-order valence-electron chi connectivity index (χ2n) is 13.2. The van der Waals surface area contributed by atoms with Gasteiger partial charge in [-0.15, -0.1) is 0 Å². The Morgan fingerprint density at radius 2 is 1.10 bits per heavy atom. The predicted octanol–water partition coefficient (Wildman–Crippen LogP) is 13.1. The topological polar surface area (TPSA) is 47.3 Å². The van der Waals surface area contributed by atoms with Crippen molar-refractivity contribution in [1.82, 2.24) is 9.55 Å². The van der Waals surface area contributed by atoms with E-state index in [1.54, 1.807) is 0 Å². The molecule has 3 heterocycles. The molecule has 0 aliphatic carbocycles. The summed E-state index contributed by atoms with van der Waals surface area (Å²) in [4.78, 5) is 7.17.